The third kappa shape index (κ3) is 2.03. The minimum atomic E-state index is -0.964. The molecule has 0 aliphatic rings. The van der Waals surface area contributed by atoms with Gasteiger partial charge in [0, 0.05) is 10.6 Å². The summed E-state index contributed by atoms with van der Waals surface area (Å²) < 4.78 is 0. The van der Waals surface area contributed by atoms with Crippen LogP contribution in [0, 0.1) is 0 Å². The molecule has 0 bridgehead atoms. The van der Waals surface area contributed by atoms with Gasteiger partial charge in [-0.05, 0) is 34.5 Å². The van der Waals surface area contributed by atoms with E-state index in [9.17, 15) is 4.79 Å². The predicted molar refractivity (Wildman–Crippen MR) is 61.7 cm³/mol. The average Bonchev–Trinajstić information content (AvgIpc) is 2.70. The standard InChI is InChI=1S/C11H7ClO2S/c12-10-5-7(11(13)14)1-2-9(10)8-3-4-15-6-8/h1-6H,(H,13,14). The molecule has 0 aliphatic heterocycles. The smallest absolute Gasteiger partial charge is 0.335 e. The highest BCUT2D eigenvalue weighted by Gasteiger charge is 2.08. The Bertz CT molecular complexity index is 491. The van der Waals surface area contributed by atoms with E-state index in [0.717, 1.165) is 11.1 Å². The van der Waals surface area contributed by atoms with Gasteiger partial charge in [0.05, 0.1) is 5.56 Å². The number of benzene rings is 1. The van der Waals surface area contributed by atoms with Crippen molar-refractivity contribution in [2.24, 2.45) is 0 Å². The molecule has 0 amide bonds. The van der Waals surface area contributed by atoms with Gasteiger partial charge in [0.2, 0.25) is 0 Å². The van der Waals surface area contributed by atoms with Crippen molar-refractivity contribution >= 4 is 28.9 Å². The molecule has 0 spiro atoms. The van der Waals surface area contributed by atoms with Crippen LogP contribution in [-0.2, 0) is 0 Å². The van der Waals surface area contributed by atoms with E-state index in [0.29, 0.717) is 5.02 Å². The molecule has 1 heterocycles. The Morgan fingerprint density at radius 1 is 1.33 bits per heavy atom. The van der Waals surface area contributed by atoms with Crippen molar-refractivity contribution in [1.82, 2.24) is 0 Å². The number of rotatable bonds is 2. The molecule has 2 rings (SSSR count). The Morgan fingerprint density at radius 3 is 2.67 bits per heavy atom. The second-order valence-electron chi connectivity index (χ2n) is 3.01. The van der Waals surface area contributed by atoms with E-state index in [1.807, 2.05) is 16.8 Å². The van der Waals surface area contributed by atoms with Crippen LogP contribution in [0.25, 0.3) is 11.1 Å². The molecule has 0 fully saturated rings. The van der Waals surface area contributed by atoms with Crippen LogP contribution in [-0.4, -0.2) is 11.1 Å². The van der Waals surface area contributed by atoms with E-state index in [1.54, 1.807) is 23.5 Å². The van der Waals surface area contributed by atoms with Crippen molar-refractivity contribution in [2.45, 2.75) is 0 Å². The fourth-order valence-corrected chi connectivity index (χ4v) is 2.25. The van der Waals surface area contributed by atoms with Gasteiger partial charge in [-0.1, -0.05) is 17.7 Å². The Labute approximate surface area is 95.8 Å². The molecular weight excluding hydrogens is 232 g/mol. The molecule has 2 aromatic rings. The maximum Gasteiger partial charge on any atom is 0.335 e. The highest BCUT2D eigenvalue weighted by Crippen LogP contribution is 2.30. The zero-order valence-corrected chi connectivity index (χ0v) is 9.18. The summed E-state index contributed by atoms with van der Waals surface area (Å²) in [5.74, 6) is -0.964. The van der Waals surface area contributed by atoms with Gasteiger partial charge in [-0.3, -0.25) is 0 Å². The third-order valence-electron chi connectivity index (χ3n) is 2.05. The third-order valence-corrected chi connectivity index (χ3v) is 3.04. The highest BCUT2D eigenvalue weighted by molar-refractivity contribution is 7.08. The number of carboxylic acids is 1. The van der Waals surface area contributed by atoms with Gasteiger partial charge >= 0.3 is 5.97 Å². The van der Waals surface area contributed by atoms with Crippen LogP contribution < -0.4 is 0 Å². The summed E-state index contributed by atoms with van der Waals surface area (Å²) in [6, 6.07) is 6.71. The molecule has 1 aromatic carbocycles. The van der Waals surface area contributed by atoms with E-state index < -0.39 is 5.97 Å². The molecule has 0 saturated carbocycles. The van der Waals surface area contributed by atoms with Crippen LogP contribution in [0.2, 0.25) is 5.02 Å². The molecule has 0 radical (unpaired) electrons. The minimum Gasteiger partial charge on any atom is -0.478 e. The number of hydrogen-bond donors (Lipinski definition) is 1. The second-order valence-corrected chi connectivity index (χ2v) is 4.20. The van der Waals surface area contributed by atoms with Crippen LogP contribution in [0.1, 0.15) is 10.4 Å². The maximum atomic E-state index is 10.7. The van der Waals surface area contributed by atoms with Crippen LogP contribution in [0.15, 0.2) is 35.0 Å². The Kier molecular flexibility index (Phi) is 2.75. The molecule has 0 unspecified atom stereocenters. The first kappa shape index (κ1) is 10.2. The van der Waals surface area contributed by atoms with Gasteiger partial charge in [0.1, 0.15) is 0 Å². The van der Waals surface area contributed by atoms with Crippen molar-refractivity contribution in [3.05, 3.63) is 45.6 Å². The molecule has 1 aromatic heterocycles. The summed E-state index contributed by atoms with van der Waals surface area (Å²) >= 11 is 7.58. The molecule has 76 valence electrons. The zero-order valence-electron chi connectivity index (χ0n) is 7.61. The lowest BCUT2D eigenvalue weighted by Crippen LogP contribution is -1.95. The largest absolute Gasteiger partial charge is 0.478 e. The summed E-state index contributed by atoms with van der Waals surface area (Å²) in [5, 5.41) is 13.2. The van der Waals surface area contributed by atoms with Crippen LogP contribution in [0.5, 0.6) is 0 Å². The van der Waals surface area contributed by atoms with Gasteiger partial charge in [0.25, 0.3) is 0 Å². The van der Waals surface area contributed by atoms with Gasteiger partial charge in [-0.15, -0.1) is 0 Å². The van der Waals surface area contributed by atoms with E-state index in [-0.39, 0.29) is 5.56 Å². The van der Waals surface area contributed by atoms with E-state index in [4.69, 9.17) is 16.7 Å². The molecule has 4 heteroatoms. The van der Waals surface area contributed by atoms with Crippen LogP contribution in [0.3, 0.4) is 0 Å². The van der Waals surface area contributed by atoms with Gasteiger partial charge in [-0.25, -0.2) is 4.79 Å². The SMILES string of the molecule is O=C(O)c1ccc(-c2ccsc2)c(Cl)c1. The fourth-order valence-electron chi connectivity index (χ4n) is 1.30. The first-order chi connectivity index (χ1) is 7.18. The van der Waals surface area contributed by atoms with E-state index in [1.165, 1.54) is 6.07 Å². The van der Waals surface area contributed by atoms with Crippen LogP contribution in [0.4, 0.5) is 0 Å². The Balaban J connectivity index is 2.48. The molecule has 1 N–H and O–H groups in total. The van der Waals surface area contributed by atoms with Crippen molar-refractivity contribution in [3.8, 4) is 11.1 Å². The summed E-state index contributed by atoms with van der Waals surface area (Å²) in [6.07, 6.45) is 0. The summed E-state index contributed by atoms with van der Waals surface area (Å²) in [5.41, 5.74) is 2.09. The molecule has 0 aliphatic carbocycles. The number of carboxylic acid groups (broad SMARTS) is 1. The maximum absolute atomic E-state index is 10.7. The number of aromatic carboxylic acids is 1. The molecule has 15 heavy (non-hydrogen) atoms. The summed E-state index contributed by atoms with van der Waals surface area (Å²) in [4.78, 5) is 10.7. The number of hydrogen-bond acceptors (Lipinski definition) is 2. The Morgan fingerprint density at radius 2 is 2.13 bits per heavy atom. The average molecular weight is 239 g/mol. The second kappa shape index (κ2) is 4.04. The number of carbonyl (C=O) groups is 1. The lowest BCUT2D eigenvalue weighted by molar-refractivity contribution is 0.0697. The van der Waals surface area contributed by atoms with E-state index in [2.05, 4.69) is 0 Å². The van der Waals surface area contributed by atoms with E-state index >= 15 is 0 Å². The van der Waals surface area contributed by atoms with Gasteiger partial charge in [-0.2, -0.15) is 11.3 Å². The number of thiophene rings is 1. The Hall–Kier alpha value is -1.32. The molecule has 0 atom stereocenters. The number of halogens is 1. The molecule has 0 saturated heterocycles. The molecule has 2 nitrogen and oxygen atoms in total. The fraction of sp³-hybridized carbons (Fsp3) is 0. The van der Waals surface area contributed by atoms with Crippen molar-refractivity contribution in [3.63, 3.8) is 0 Å². The highest BCUT2D eigenvalue weighted by atomic mass is 35.5. The van der Waals surface area contributed by atoms with Crippen molar-refractivity contribution in [1.29, 1.82) is 0 Å². The van der Waals surface area contributed by atoms with Gasteiger partial charge < -0.3 is 5.11 Å². The predicted octanol–water partition coefficient (Wildman–Crippen LogP) is 3.77. The normalized spacial score (nSPS) is 10.2. The first-order valence-electron chi connectivity index (χ1n) is 4.24. The zero-order chi connectivity index (χ0) is 10.8. The lowest BCUT2D eigenvalue weighted by atomic mass is 10.1. The summed E-state index contributed by atoms with van der Waals surface area (Å²) in [7, 11) is 0. The molecular formula is C11H7ClO2S. The monoisotopic (exact) mass is 238 g/mol. The van der Waals surface area contributed by atoms with Gasteiger partial charge in [0.15, 0.2) is 0 Å². The summed E-state index contributed by atoms with van der Waals surface area (Å²) in [6.45, 7) is 0. The van der Waals surface area contributed by atoms with Crippen molar-refractivity contribution < 1.29 is 9.90 Å². The topological polar surface area (TPSA) is 37.3 Å². The quantitative estimate of drug-likeness (QED) is 0.865. The van der Waals surface area contributed by atoms with Crippen molar-refractivity contribution in [2.75, 3.05) is 0 Å². The lowest BCUT2D eigenvalue weighted by Gasteiger charge is -2.02. The minimum absolute atomic E-state index is 0.207. The first-order valence-corrected chi connectivity index (χ1v) is 5.56. The van der Waals surface area contributed by atoms with Crippen LogP contribution >= 0.6 is 22.9 Å².